The Morgan fingerprint density at radius 3 is 2.45 bits per heavy atom. The number of unbranched alkanes of at least 4 members (excludes halogenated alkanes) is 1. The number of ether oxygens (including phenoxy) is 1. The summed E-state index contributed by atoms with van der Waals surface area (Å²) in [6.45, 7) is 4.03. The lowest BCUT2D eigenvalue weighted by Gasteiger charge is -2.32. The summed E-state index contributed by atoms with van der Waals surface area (Å²) in [5.74, 6) is -0.130. The van der Waals surface area contributed by atoms with Crippen LogP contribution in [0, 0.1) is 5.92 Å². The number of nitrogens with zero attached hydrogens (tertiary/aromatic N) is 3. The number of piperidine rings is 1. The average Bonchev–Trinajstić information content (AvgIpc) is 3.19. The summed E-state index contributed by atoms with van der Waals surface area (Å²) in [5, 5.41) is 0. The number of fused-ring (bicyclic) bond motifs is 1. The quantitative estimate of drug-likeness (QED) is 0.421. The first-order chi connectivity index (χ1) is 15.9. The molecule has 0 saturated carbocycles. The number of alkyl halides is 3. The number of carbonyl (C=O) groups excluding carboxylic acids is 1. The molecule has 4 rings (SSSR count). The van der Waals surface area contributed by atoms with Gasteiger partial charge in [-0.2, -0.15) is 13.2 Å². The van der Waals surface area contributed by atoms with E-state index in [0.29, 0.717) is 49.1 Å². The molecule has 0 bridgehead atoms. The summed E-state index contributed by atoms with van der Waals surface area (Å²) >= 11 is 0. The summed E-state index contributed by atoms with van der Waals surface area (Å²) in [5.41, 5.74) is 1.43. The van der Waals surface area contributed by atoms with E-state index in [0.717, 1.165) is 18.6 Å². The fraction of sp³-hybridized carbons (Fsp3) is 0.440. The van der Waals surface area contributed by atoms with E-state index >= 15 is 0 Å². The van der Waals surface area contributed by atoms with Crippen molar-refractivity contribution < 1.29 is 22.7 Å². The van der Waals surface area contributed by atoms with Crippen molar-refractivity contribution in [2.24, 2.45) is 5.92 Å². The molecule has 176 valence electrons. The Hall–Kier alpha value is -3.03. The molecule has 1 fully saturated rings. The normalized spacial score (nSPS) is 15.2. The maximum atomic E-state index is 13.6. The molecule has 0 N–H and O–H groups in total. The zero-order chi connectivity index (χ0) is 23.4. The Morgan fingerprint density at radius 1 is 1.09 bits per heavy atom. The van der Waals surface area contributed by atoms with Crippen LogP contribution < -0.4 is 4.74 Å². The zero-order valence-corrected chi connectivity index (χ0v) is 18.6. The molecular weight excluding hydrogens is 431 g/mol. The molecule has 2 heterocycles. The Balaban J connectivity index is 1.38. The van der Waals surface area contributed by atoms with E-state index in [4.69, 9.17) is 4.74 Å². The molecular formula is C25H28F3N3O2. The summed E-state index contributed by atoms with van der Waals surface area (Å²) in [4.78, 5) is 18.5. The zero-order valence-electron chi connectivity index (χ0n) is 18.6. The van der Waals surface area contributed by atoms with Crippen molar-refractivity contribution >= 4 is 16.9 Å². The maximum Gasteiger partial charge on any atom is 0.449 e. The van der Waals surface area contributed by atoms with Crippen molar-refractivity contribution in [3.8, 4) is 5.75 Å². The van der Waals surface area contributed by atoms with Crippen molar-refractivity contribution in [1.29, 1.82) is 0 Å². The lowest BCUT2D eigenvalue weighted by molar-refractivity contribution is -0.147. The average molecular weight is 460 g/mol. The SMILES string of the molecule is CCCCOc1ccc(C(=O)N2CCC(Cn3c(C(F)(F)F)nc4ccccc43)CC2)cc1. The maximum absolute atomic E-state index is 13.6. The van der Waals surface area contributed by atoms with Gasteiger partial charge in [0.1, 0.15) is 5.75 Å². The first kappa shape index (κ1) is 23.1. The van der Waals surface area contributed by atoms with Gasteiger partial charge in [0.2, 0.25) is 5.82 Å². The van der Waals surface area contributed by atoms with E-state index in [9.17, 15) is 18.0 Å². The fourth-order valence-electron chi connectivity index (χ4n) is 4.26. The summed E-state index contributed by atoms with van der Waals surface area (Å²) in [7, 11) is 0. The van der Waals surface area contributed by atoms with Gasteiger partial charge in [-0.15, -0.1) is 0 Å². The van der Waals surface area contributed by atoms with Crippen LogP contribution in [0.15, 0.2) is 48.5 Å². The number of imidazole rings is 1. The van der Waals surface area contributed by atoms with Crippen molar-refractivity contribution in [3.05, 3.63) is 59.9 Å². The van der Waals surface area contributed by atoms with Crippen molar-refractivity contribution in [1.82, 2.24) is 14.5 Å². The summed E-state index contributed by atoms with van der Waals surface area (Å²) < 4.78 is 47.6. The number of para-hydroxylation sites is 2. The highest BCUT2D eigenvalue weighted by Gasteiger charge is 2.38. The number of benzene rings is 2. The first-order valence-corrected chi connectivity index (χ1v) is 11.4. The number of amides is 1. The predicted octanol–water partition coefficient (Wildman–Crippen LogP) is 5.79. The topological polar surface area (TPSA) is 47.4 Å². The Labute approximate surface area is 191 Å². The van der Waals surface area contributed by atoms with E-state index in [1.807, 2.05) is 0 Å². The van der Waals surface area contributed by atoms with Gasteiger partial charge in [-0.1, -0.05) is 25.5 Å². The van der Waals surface area contributed by atoms with Crippen LogP contribution in [-0.4, -0.2) is 40.1 Å². The fourth-order valence-corrected chi connectivity index (χ4v) is 4.26. The van der Waals surface area contributed by atoms with Crippen LogP contribution in [0.3, 0.4) is 0 Å². The van der Waals surface area contributed by atoms with E-state index in [1.165, 1.54) is 4.57 Å². The molecule has 0 spiro atoms. The Kier molecular flexibility index (Phi) is 6.91. The molecule has 3 aromatic rings. The molecule has 2 aromatic carbocycles. The molecule has 1 aromatic heterocycles. The molecule has 0 atom stereocenters. The molecule has 1 saturated heterocycles. The number of hydrogen-bond acceptors (Lipinski definition) is 3. The van der Waals surface area contributed by atoms with Crippen molar-refractivity contribution in [2.75, 3.05) is 19.7 Å². The molecule has 0 aliphatic carbocycles. The van der Waals surface area contributed by atoms with Gasteiger partial charge in [0, 0.05) is 25.2 Å². The largest absolute Gasteiger partial charge is 0.494 e. The Morgan fingerprint density at radius 2 is 1.79 bits per heavy atom. The van der Waals surface area contributed by atoms with Crippen LogP contribution in [-0.2, 0) is 12.7 Å². The molecule has 1 amide bonds. The standard InChI is InChI=1S/C25H28F3N3O2/c1-2-3-16-33-20-10-8-19(9-11-20)23(32)30-14-12-18(13-15-30)17-31-22-7-5-4-6-21(22)29-24(31)25(26,27)28/h4-11,18H,2-3,12-17H2,1H3. The third kappa shape index (κ3) is 5.31. The van der Waals surface area contributed by atoms with Gasteiger partial charge in [0.05, 0.1) is 17.6 Å². The molecule has 0 radical (unpaired) electrons. The molecule has 33 heavy (non-hydrogen) atoms. The van der Waals surface area contributed by atoms with Gasteiger partial charge in [-0.05, 0) is 61.6 Å². The number of aromatic nitrogens is 2. The van der Waals surface area contributed by atoms with Crippen LogP contribution in [0.5, 0.6) is 5.75 Å². The molecule has 5 nitrogen and oxygen atoms in total. The van der Waals surface area contributed by atoms with Crippen LogP contribution in [0.4, 0.5) is 13.2 Å². The number of hydrogen-bond donors (Lipinski definition) is 0. The van der Waals surface area contributed by atoms with Gasteiger partial charge in [-0.3, -0.25) is 4.79 Å². The second-order valence-corrected chi connectivity index (χ2v) is 8.49. The monoisotopic (exact) mass is 459 g/mol. The minimum atomic E-state index is -4.51. The van der Waals surface area contributed by atoms with Crippen LogP contribution in [0.2, 0.25) is 0 Å². The van der Waals surface area contributed by atoms with E-state index in [2.05, 4.69) is 11.9 Å². The summed E-state index contributed by atoms with van der Waals surface area (Å²) in [6.07, 6.45) is -1.18. The molecule has 1 aliphatic rings. The second-order valence-electron chi connectivity index (χ2n) is 8.49. The van der Waals surface area contributed by atoms with Crippen LogP contribution in [0.1, 0.15) is 48.8 Å². The summed E-state index contributed by atoms with van der Waals surface area (Å²) in [6, 6.07) is 13.8. The minimum absolute atomic E-state index is 0.0436. The molecule has 8 heteroatoms. The van der Waals surface area contributed by atoms with Gasteiger partial charge in [-0.25, -0.2) is 4.98 Å². The van der Waals surface area contributed by atoms with E-state index in [1.54, 1.807) is 53.4 Å². The van der Waals surface area contributed by atoms with E-state index in [-0.39, 0.29) is 18.4 Å². The van der Waals surface area contributed by atoms with Crippen LogP contribution >= 0.6 is 0 Å². The Bertz CT molecular complexity index is 1080. The highest BCUT2D eigenvalue weighted by atomic mass is 19.4. The predicted molar refractivity (Wildman–Crippen MR) is 120 cm³/mol. The van der Waals surface area contributed by atoms with Gasteiger partial charge in [0.25, 0.3) is 5.91 Å². The second kappa shape index (κ2) is 9.85. The lowest BCUT2D eigenvalue weighted by Crippen LogP contribution is -2.39. The first-order valence-electron chi connectivity index (χ1n) is 11.4. The van der Waals surface area contributed by atoms with Crippen LogP contribution in [0.25, 0.3) is 11.0 Å². The number of rotatable bonds is 7. The third-order valence-electron chi connectivity index (χ3n) is 6.12. The highest BCUT2D eigenvalue weighted by Crippen LogP contribution is 2.33. The molecule has 0 unspecified atom stereocenters. The van der Waals surface area contributed by atoms with Gasteiger partial charge >= 0.3 is 6.18 Å². The third-order valence-corrected chi connectivity index (χ3v) is 6.12. The van der Waals surface area contributed by atoms with Crippen molar-refractivity contribution in [3.63, 3.8) is 0 Å². The lowest BCUT2D eigenvalue weighted by atomic mass is 9.96. The van der Waals surface area contributed by atoms with Gasteiger partial charge < -0.3 is 14.2 Å². The molecule has 1 aliphatic heterocycles. The highest BCUT2D eigenvalue weighted by molar-refractivity contribution is 5.94. The minimum Gasteiger partial charge on any atom is -0.494 e. The number of carbonyl (C=O) groups is 1. The smallest absolute Gasteiger partial charge is 0.449 e. The van der Waals surface area contributed by atoms with Crippen molar-refractivity contribution in [2.45, 2.75) is 45.3 Å². The van der Waals surface area contributed by atoms with Gasteiger partial charge in [0.15, 0.2) is 0 Å². The van der Waals surface area contributed by atoms with E-state index < -0.39 is 12.0 Å². The number of halogens is 3. The number of likely N-dealkylation sites (tertiary alicyclic amines) is 1.